The minimum absolute atomic E-state index is 0.00849. The van der Waals surface area contributed by atoms with Crippen LogP contribution in [0, 0.1) is 13.8 Å². The summed E-state index contributed by atoms with van der Waals surface area (Å²) < 4.78 is 1.87. The summed E-state index contributed by atoms with van der Waals surface area (Å²) in [4.78, 5) is 15.6. The topological polar surface area (TPSA) is 51.0 Å². The molecule has 29 heavy (non-hydrogen) atoms. The Morgan fingerprint density at radius 2 is 1.69 bits per heavy atom. The highest BCUT2D eigenvalue weighted by Gasteiger charge is 2.46. The predicted molar refractivity (Wildman–Crippen MR) is 114 cm³/mol. The first-order chi connectivity index (χ1) is 14.0. The van der Waals surface area contributed by atoms with E-state index in [0.717, 1.165) is 50.4 Å². The summed E-state index contributed by atoms with van der Waals surface area (Å²) in [6.45, 7) is 7.97. The Morgan fingerprint density at radius 3 is 2.45 bits per heavy atom. The van der Waals surface area contributed by atoms with E-state index in [9.17, 15) is 4.79 Å². The van der Waals surface area contributed by atoms with Gasteiger partial charge in [-0.3, -0.25) is 14.3 Å². The highest BCUT2D eigenvalue weighted by molar-refractivity contribution is 5.57. The molecule has 1 saturated heterocycles. The van der Waals surface area contributed by atoms with E-state index in [1.807, 2.05) is 34.9 Å². The fourth-order valence-electron chi connectivity index (χ4n) is 5.13. The van der Waals surface area contributed by atoms with Crippen LogP contribution in [-0.4, -0.2) is 32.8 Å². The van der Waals surface area contributed by atoms with Crippen molar-refractivity contribution in [2.75, 3.05) is 13.1 Å². The Balaban J connectivity index is 1.42. The highest BCUT2D eigenvalue weighted by atomic mass is 16.1. The van der Waals surface area contributed by atoms with Crippen LogP contribution in [0.15, 0.2) is 53.3 Å². The van der Waals surface area contributed by atoms with Crippen molar-refractivity contribution >= 4 is 0 Å². The summed E-state index contributed by atoms with van der Waals surface area (Å²) in [5.41, 5.74) is 5.23. The Kier molecular flexibility index (Phi) is 4.36. The van der Waals surface area contributed by atoms with Crippen molar-refractivity contribution in [2.24, 2.45) is 0 Å². The Morgan fingerprint density at radius 1 is 0.966 bits per heavy atom. The van der Waals surface area contributed by atoms with Crippen molar-refractivity contribution in [1.82, 2.24) is 19.7 Å². The first-order valence-corrected chi connectivity index (χ1v) is 10.4. The molecule has 1 atom stereocenters. The van der Waals surface area contributed by atoms with Crippen molar-refractivity contribution < 1.29 is 0 Å². The molecule has 0 amide bonds. The van der Waals surface area contributed by atoms with Crippen molar-refractivity contribution in [3.8, 4) is 11.3 Å². The van der Waals surface area contributed by atoms with Gasteiger partial charge in [-0.25, -0.2) is 0 Å². The average molecular weight is 386 g/mol. The second-order valence-electron chi connectivity index (χ2n) is 8.68. The van der Waals surface area contributed by atoms with E-state index in [2.05, 4.69) is 47.1 Å². The molecule has 0 bridgehead atoms. The van der Waals surface area contributed by atoms with Crippen LogP contribution < -0.4 is 5.56 Å². The monoisotopic (exact) mass is 386 g/mol. The molecule has 0 N–H and O–H groups in total. The summed E-state index contributed by atoms with van der Waals surface area (Å²) >= 11 is 0. The molecule has 5 heteroatoms. The van der Waals surface area contributed by atoms with E-state index in [-0.39, 0.29) is 11.0 Å². The fraction of sp³-hybridized carbons (Fsp3) is 0.375. The number of rotatable bonds is 3. The normalized spacial score (nSPS) is 21.0. The zero-order valence-corrected chi connectivity index (χ0v) is 17.1. The summed E-state index contributed by atoms with van der Waals surface area (Å²) in [5.74, 6) is 0.880. The summed E-state index contributed by atoms with van der Waals surface area (Å²) in [5, 5.41) is 8.96. The van der Waals surface area contributed by atoms with Gasteiger partial charge in [-0.05, 0) is 38.8 Å². The van der Waals surface area contributed by atoms with E-state index in [1.165, 1.54) is 16.7 Å². The first kappa shape index (κ1) is 18.3. The van der Waals surface area contributed by atoms with Gasteiger partial charge in [0.15, 0.2) is 5.69 Å². The Bertz CT molecular complexity index is 1100. The number of fused-ring (bicyclic) bond motifs is 2. The number of hydrogen-bond donors (Lipinski definition) is 0. The van der Waals surface area contributed by atoms with Crippen LogP contribution in [0.25, 0.3) is 11.3 Å². The van der Waals surface area contributed by atoms with Crippen molar-refractivity contribution in [3.05, 3.63) is 81.4 Å². The highest BCUT2D eigenvalue weighted by Crippen LogP contribution is 2.41. The molecule has 0 unspecified atom stereocenters. The van der Waals surface area contributed by atoms with Gasteiger partial charge in [0, 0.05) is 30.6 Å². The third-order valence-electron chi connectivity index (χ3n) is 6.40. The molecule has 3 aromatic rings. The number of nitrogens with zero attached hydrogens (tertiary/aromatic N) is 4. The van der Waals surface area contributed by atoms with Crippen LogP contribution in [0.3, 0.4) is 0 Å². The zero-order chi connectivity index (χ0) is 20.0. The minimum atomic E-state index is -0.0414. The maximum atomic E-state index is 13.1. The van der Waals surface area contributed by atoms with Crippen LogP contribution in [0.5, 0.6) is 0 Å². The lowest BCUT2D eigenvalue weighted by Gasteiger charge is -2.23. The number of hydrogen-bond acceptors (Lipinski definition) is 4. The summed E-state index contributed by atoms with van der Waals surface area (Å²) in [6, 6.07) is 16.4. The molecule has 5 rings (SSSR count). The van der Waals surface area contributed by atoms with Gasteiger partial charge in [0.1, 0.15) is 5.82 Å². The van der Waals surface area contributed by atoms with E-state index in [0.29, 0.717) is 5.69 Å². The Hall–Kier alpha value is -2.79. The molecule has 2 aliphatic heterocycles. The minimum Gasteiger partial charge on any atom is -0.298 e. The van der Waals surface area contributed by atoms with Gasteiger partial charge in [0.2, 0.25) is 0 Å². The van der Waals surface area contributed by atoms with E-state index in [1.54, 1.807) is 0 Å². The molecule has 1 aromatic heterocycles. The quantitative estimate of drug-likeness (QED) is 0.692. The van der Waals surface area contributed by atoms with E-state index < -0.39 is 0 Å². The number of benzene rings is 2. The molecule has 1 fully saturated rings. The average Bonchev–Trinajstić information content (AvgIpc) is 3.27. The van der Waals surface area contributed by atoms with Gasteiger partial charge in [-0.2, -0.15) is 0 Å². The zero-order valence-electron chi connectivity index (χ0n) is 17.1. The van der Waals surface area contributed by atoms with Crippen LogP contribution in [-0.2, 0) is 18.5 Å². The third kappa shape index (κ3) is 3.19. The van der Waals surface area contributed by atoms with Gasteiger partial charge in [0.05, 0.1) is 0 Å². The van der Waals surface area contributed by atoms with Gasteiger partial charge in [-0.1, -0.05) is 59.7 Å². The van der Waals surface area contributed by atoms with Gasteiger partial charge >= 0.3 is 0 Å². The molecular formula is C24H26N4O. The fourth-order valence-corrected chi connectivity index (χ4v) is 5.13. The predicted octanol–water partition coefficient (Wildman–Crippen LogP) is 3.47. The molecular weight excluding hydrogens is 360 g/mol. The second kappa shape index (κ2) is 6.92. The summed E-state index contributed by atoms with van der Waals surface area (Å²) in [6.07, 6.45) is 2.01. The molecule has 2 aliphatic rings. The second-order valence-corrected chi connectivity index (χ2v) is 8.68. The van der Waals surface area contributed by atoms with Gasteiger partial charge < -0.3 is 0 Å². The SMILES string of the molecule is Cc1cc(C)cc(CN2CC[C@@]3(CCn4c3nnc(-c3ccccc3)c4=O)C2)c1. The van der Waals surface area contributed by atoms with Crippen molar-refractivity contribution in [1.29, 1.82) is 0 Å². The first-order valence-electron chi connectivity index (χ1n) is 10.4. The number of aryl methyl sites for hydroxylation is 2. The van der Waals surface area contributed by atoms with Gasteiger partial charge in [-0.15, -0.1) is 10.2 Å². The van der Waals surface area contributed by atoms with Crippen molar-refractivity contribution in [2.45, 2.75) is 45.2 Å². The van der Waals surface area contributed by atoms with Crippen molar-refractivity contribution in [3.63, 3.8) is 0 Å². The molecule has 0 saturated carbocycles. The third-order valence-corrected chi connectivity index (χ3v) is 6.40. The molecule has 3 heterocycles. The lowest BCUT2D eigenvalue weighted by atomic mass is 9.85. The smallest absolute Gasteiger partial charge is 0.280 e. The number of likely N-dealkylation sites (tertiary alicyclic amines) is 1. The number of aromatic nitrogens is 3. The van der Waals surface area contributed by atoms with Crippen LogP contribution in [0.4, 0.5) is 0 Å². The maximum Gasteiger partial charge on any atom is 0.280 e. The van der Waals surface area contributed by atoms with Crippen LogP contribution in [0.2, 0.25) is 0 Å². The summed E-state index contributed by atoms with van der Waals surface area (Å²) in [7, 11) is 0. The van der Waals surface area contributed by atoms with Crippen LogP contribution >= 0.6 is 0 Å². The molecule has 148 valence electrons. The molecule has 2 aromatic carbocycles. The molecule has 0 radical (unpaired) electrons. The van der Waals surface area contributed by atoms with Gasteiger partial charge in [0.25, 0.3) is 5.56 Å². The lowest BCUT2D eigenvalue weighted by Crippen LogP contribution is -2.33. The van der Waals surface area contributed by atoms with E-state index in [4.69, 9.17) is 0 Å². The van der Waals surface area contributed by atoms with Crippen LogP contribution in [0.1, 0.15) is 35.4 Å². The van der Waals surface area contributed by atoms with E-state index >= 15 is 0 Å². The standard InChI is InChI=1S/C24H26N4O/c1-17-12-18(2)14-19(13-17)15-27-10-8-24(16-27)9-11-28-22(29)21(25-26-23(24)28)20-6-4-3-5-7-20/h3-7,12-14H,8-11,15-16H2,1-2H3/t24-/m1/s1. The molecule has 5 nitrogen and oxygen atoms in total. The maximum absolute atomic E-state index is 13.1. The molecule has 1 spiro atoms. The largest absolute Gasteiger partial charge is 0.298 e. The lowest BCUT2D eigenvalue weighted by molar-refractivity contribution is 0.299. The Labute approximate surface area is 171 Å². The molecule has 0 aliphatic carbocycles.